The van der Waals surface area contributed by atoms with E-state index in [1.807, 2.05) is 7.05 Å². The number of amides is 1. The van der Waals surface area contributed by atoms with Crippen LogP contribution in [0.25, 0.3) is 0 Å². The van der Waals surface area contributed by atoms with Crippen molar-refractivity contribution in [2.45, 2.75) is 25.3 Å². The molecule has 0 radical (unpaired) electrons. The van der Waals surface area contributed by atoms with Gasteiger partial charge in [-0.15, -0.1) is 0 Å². The third-order valence-corrected chi connectivity index (χ3v) is 4.93. The molecule has 1 aliphatic rings. The van der Waals surface area contributed by atoms with E-state index in [2.05, 4.69) is 15.3 Å². The topological polar surface area (TPSA) is 79.8 Å². The van der Waals surface area contributed by atoms with E-state index >= 15 is 0 Å². The van der Waals surface area contributed by atoms with Crippen LogP contribution in [0.15, 0.2) is 47.5 Å². The number of rotatable bonds is 4. The van der Waals surface area contributed by atoms with Gasteiger partial charge in [-0.1, -0.05) is 12.1 Å². The Labute approximate surface area is 155 Å². The Morgan fingerprint density at radius 3 is 2.78 bits per heavy atom. The minimum Gasteiger partial charge on any atom is -0.338 e. The minimum atomic E-state index is -0.606. The average molecular weight is 366 g/mol. The minimum absolute atomic E-state index is 0.0805. The van der Waals surface area contributed by atoms with Gasteiger partial charge in [-0.3, -0.25) is 9.59 Å². The number of aromatic amines is 1. The second kappa shape index (κ2) is 6.83. The molecule has 2 aromatic heterocycles. The average Bonchev–Trinajstić information content (AvgIpc) is 3.28. The zero-order valence-electron chi connectivity index (χ0n) is 14.8. The monoisotopic (exact) mass is 366 g/mol. The van der Waals surface area contributed by atoms with Crippen LogP contribution >= 0.6 is 0 Å². The van der Waals surface area contributed by atoms with Crippen LogP contribution < -0.4 is 10.9 Å². The molecule has 6 nitrogen and oxygen atoms in total. The summed E-state index contributed by atoms with van der Waals surface area (Å²) in [5.74, 6) is -0.255. The summed E-state index contributed by atoms with van der Waals surface area (Å²) in [5.41, 5.74) is 2.28. The molecule has 7 heteroatoms. The van der Waals surface area contributed by atoms with Crippen molar-refractivity contribution in [1.82, 2.24) is 19.9 Å². The number of hydrogen-bond donors (Lipinski definition) is 2. The molecule has 0 unspecified atom stereocenters. The number of H-pyrrole nitrogens is 1. The zero-order chi connectivity index (χ0) is 19.0. The SMILES string of the molecule is Cn1ccnc1[C@@H](NC(=O)c1cc2c([nH]c1=O)CCC2)c1ccc(F)cc1. The normalized spacial score (nSPS) is 14.0. The van der Waals surface area contributed by atoms with Gasteiger partial charge in [0, 0.05) is 25.1 Å². The Morgan fingerprint density at radius 1 is 1.30 bits per heavy atom. The van der Waals surface area contributed by atoms with Crippen molar-refractivity contribution < 1.29 is 9.18 Å². The largest absolute Gasteiger partial charge is 0.338 e. The number of carbonyl (C=O) groups is 1. The maximum atomic E-state index is 13.3. The highest BCUT2D eigenvalue weighted by atomic mass is 19.1. The molecular formula is C20H19FN4O2. The Bertz CT molecular complexity index is 1050. The van der Waals surface area contributed by atoms with E-state index in [0.29, 0.717) is 11.4 Å². The molecule has 0 saturated carbocycles. The lowest BCUT2D eigenvalue weighted by Crippen LogP contribution is -2.35. The van der Waals surface area contributed by atoms with Gasteiger partial charge >= 0.3 is 0 Å². The number of carbonyl (C=O) groups excluding carboxylic acids is 1. The Balaban J connectivity index is 1.70. The third kappa shape index (κ3) is 3.28. The zero-order valence-corrected chi connectivity index (χ0v) is 14.8. The molecule has 1 amide bonds. The van der Waals surface area contributed by atoms with Crippen molar-refractivity contribution in [2.75, 3.05) is 0 Å². The Hall–Kier alpha value is -3.22. The van der Waals surface area contributed by atoms with Crippen molar-refractivity contribution in [3.63, 3.8) is 0 Å². The molecule has 0 bridgehead atoms. The summed E-state index contributed by atoms with van der Waals surface area (Å²) < 4.78 is 15.1. The van der Waals surface area contributed by atoms with Crippen molar-refractivity contribution in [3.05, 3.63) is 87.1 Å². The van der Waals surface area contributed by atoms with Gasteiger partial charge in [0.2, 0.25) is 0 Å². The lowest BCUT2D eigenvalue weighted by Gasteiger charge is -2.19. The molecule has 0 saturated heterocycles. The van der Waals surface area contributed by atoms with Gasteiger partial charge in [0.05, 0.1) is 0 Å². The number of benzene rings is 1. The van der Waals surface area contributed by atoms with E-state index in [-0.39, 0.29) is 11.4 Å². The number of hydrogen-bond acceptors (Lipinski definition) is 3. The molecule has 0 aliphatic heterocycles. The first-order valence-corrected chi connectivity index (χ1v) is 8.81. The highest BCUT2D eigenvalue weighted by molar-refractivity contribution is 5.94. The molecule has 1 atom stereocenters. The highest BCUT2D eigenvalue weighted by Gasteiger charge is 2.24. The highest BCUT2D eigenvalue weighted by Crippen LogP contribution is 2.22. The van der Waals surface area contributed by atoms with Gasteiger partial charge in [0.1, 0.15) is 23.2 Å². The van der Waals surface area contributed by atoms with Crippen molar-refractivity contribution in [2.24, 2.45) is 7.05 Å². The number of halogens is 1. The van der Waals surface area contributed by atoms with Crippen molar-refractivity contribution >= 4 is 5.91 Å². The number of nitrogens with one attached hydrogen (secondary N) is 2. The van der Waals surface area contributed by atoms with Crippen molar-refractivity contribution in [3.8, 4) is 0 Å². The molecule has 0 spiro atoms. The van der Waals surface area contributed by atoms with Crippen LogP contribution in [0.5, 0.6) is 0 Å². The van der Waals surface area contributed by atoms with Gasteiger partial charge < -0.3 is 14.9 Å². The summed E-state index contributed by atoms with van der Waals surface area (Å²) in [6.07, 6.45) is 6.05. The van der Waals surface area contributed by atoms with Crippen LogP contribution in [0, 0.1) is 5.82 Å². The quantitative estimate of drug-likeness (QED) is 0.743. The van der Waals surface area contributed by atoms with Gasteiger partial charge in [-0.05, 0) is 48.6 Å². The van der Waals surface area contributed by atoms with E-state index in [9.17, 15) is 14.0 Å². The fraction of sp³-hybridized carbons (Fsp3) is 0.250. The van der Waals surface area contributed by atoms with Gasteiger partial charge in [-0.25, -0.2) is 9.37 Å². The Kier molecular flexibility index (Phi) is 4.35. The lowest BCUT2D eigenvalue weighted by atomic mass is 10.0. The van der Waals surface area contributed by atoms with E-state index in [1.165, 1.54) is 12.1 Å². The number of aryl methyl sites for hydroxylation is 3. The third-order valence-electron chi connectivity index (χ3n) is 4.93. The summed E-state index contributed by atoms with van der Waals surface area (Å²) in [7, 11) is 1.81. The first kappa shape index (κ1) is 17.2. The number of nitrogens with zero attached hydrogens (tertiary/aromatic N) is 2. The number of imidazole rings is 1. The van der Waals surface area contributed by atoms with Crippen LogP contribution in [-0.2, 0) is 19.9 Å². The van der Waals surface area contributed by atoms with E-state index in [0.717, 1.165) is 30.5 Å². The molecule has 2 heterocycles. The second-order valence-electron chi connectivity index (χ2n) is 6.72. The van der Waals surface area contributed by atoms with Gasteiger partial charge in [0.15, 0.2) is 0 Å². The summed E-state index contributed by atoms with van der Waals surface area (Å²) in [5, 5.41) is 2.88. The predicted octanol–water partition coefficient (Wildman–Crippen LogP) is 2.26. The molecule has 2 N–H and O–H groups in total. The molecule has 1 aromatic carbocycles. The molecule has 1 aliphatic carbocycles. The van der Waals surface area contributed by atoms with E-state index < -0.39 is 17.5 Å². The standard InChI is InChI=1S/C20H19FN4O2/c1-25-10-9-22-18(25)17(12-5-7-14(21)8-6-12)24-20(27)15-11-13-3-2-4-16(13)23-19(15)26/h5-11,17H,2-4H2,1H3,(H,23,26)(H,24,27)/t17-/m0/s1. The van der Waals surface area contributed by atoms with Crippen LogP contribution in [0.2, 0.25) is 0 Å². The second-order valence-corrected chi connectivity index (χ2v) is 6.72. The summed E-state index contributed by atoms with van der Waals surface area (Å²) in [4.78, 5) is 32.4. The van der Waals surface area contributed by atoms with Crippen LogP contribution in [0.1, 0.15) is 45.5 Å². The van der Waals surface area contributed by atoms with Gasteiger partial charge in [0.25, 0.3) is 11.5 Å². The molecule has 27 heavy (non-hydrogen) atoms. The van der Waals surface area contributed by atoms with E-state index in [1.54, 1.807) is 35.2 Å². The van der Waals surface area contributed by atoms with Crippen LogP contribution in [0.3, 0.4) is 0 Å². The predicted molar refractivity (Wildman–Crippen MR) is 98.0 cm³/mol. The first-order valence-electron chi connectivity index (χ1n) is 8.81. The van der Waals surface area contributed by atoms with Gasteiger partial charge in [-0.2, -0.15) is 0 Å². The molecule has 3 aromatic rings. The number of pyridine rings is 1. The molecule has 4 rings (SSSR count). The molecule has 138 valence electrons. The summed E-state index contributed by atoms with van der Waals surface area (Å²) in [6.45, 7) is 0. The summed E-state index contributed by atoms with van der Waals surface area (Å²) in [6, 6.07) is 6.94. The first-order chi connectivity index (χ1) is 13.0. The maximum absolute atomic E-state index is 13.3. The smallest absolute Gasteiger partial charge is 0.261 e. The maximum Gasteiger partial charge on any atom is 0.261 e. The Morgan fingerprint density at radius 2 is 2.07 bits per heavy atom. The fourth-order valence-corrected chi connectivity index (χ4v) is 3.50. The van der Waals surface area contributed by atoms with Crippen LogP contribution in [0.4, 0.5) is 4.39 Å². The summed E-state index contributed by atoms with van der Waals surface area (Å²) >= 11 is 0. The molecule has 0 fully saturated rings. The number of aromatic nitrogens is 3. The van der Waals surface area contributed by atoms with Crippen LogP contribution in [-0.4, -0.2) is 20.4 Å². The fourth-order valence-electron chi connectivity index (χ4n) is 3.50. The van der Waals surface area contributed by atoms with Crippen molar-refractivity contribution in [1.29, 1.82) is 0 Å². The lowest BCUT2D eigenvalue weighted by molar-refractivity contribution is 0.0939. The van der Waals surface area contributed by atoms with E-state index in [4.69, 9.17) is 0 Å². The molecular weight excluding hydrogens is 347 g/mol. The number of fused-ring (bicyclic) bond motifs is 1.